The molecule has 1 aromatic carbocycles. The largest absolute Gasteiger partial charge is 0.496 e. The van der Waals surface area contributed by atoms with Crippen LogP contribution in [0.5, 0.6) is 5.75 Å². The number of aromatic nitrogens is 4. The molecule has 38 heavy (non-hydrogen) atoms. The molecular formula is C29H37ClN6O2. The molecule has 0 fully saturated rings. The van der Waals surface area contributed by atoms with Crippen LogP contribution in [0.4, 0.5) is 5.82 Å². The number of hydrogen-bond acceptors (Lipinski definition) is 6. The molecule has 0 bridgehead atoms. The van der Waals surface area contributed by atoms with E-state index < -0.39 is 0 Å². The predicted octanol–water partition coefficient (Wildman–Crippen LogP) is 6.07. The standard InChI is InChI=1S/C29H37ClN6O2/c1-10-16(3)12-21(13-20(11-2)29(37)35(7)8)24-17(4)23(30)14-22(26(24)38-9)19(6)36-28-25(18(5)34-36)27(31)32-15-33-28/h11-15,19H,10H2,1-9H3,(H2,31,32,33)/b16-12+,20-11+,21-13+. The van der Waals surface area contributed by atoms with Crippen molar-refractivity contribution in [3.8, 4) is 5.75 Å². The van der Waals surface area contributed by atoms with Crippen LogP contribution in [0.3, 0.4) is 0 Å². The van der Waals surface area contributed by atoms with E-state index in [4.69, 9.17) is 27.2 Å². The van der Waals surface area contributed by atoms with E-state index in [9.17, 15) is 4.79 Å². The highest BCUT2D eigenvalue weighted by molar-refractivity contribution is 6.31. The van der Waals surface area contributed by atoms with E-state index in [0.717, 1.165) is 45.3 Å². The third-order valence-corrected chi connectivity index (χ3v) is 7.13. The number of methoxy groups -OCH3 is 1. The molecule has 0 radical (unpaired) electrons. The van der Waals surface area contributed by atoms with Gasteiger partial charge < -0.3 is 15.4 Å². The number of amides is 1. The maximum absolute atomic E-state index is 12.9. The van der Waals surface area contributed by atoms with E-state index >= 15 is 0 Å². The molecular weight excluding hydrogens is 500 g/mol. The van der Waals surface area contributed by atoms with Crippen LogP contribution in [0.2, 0.25) is 5.02 Å². The number of likely N-dealkylation sites (N-methyl/N-ethyl adjacent to an activating group) is 1. The smallest absolute Gasteiger partial charge is 0.253 e. The third kappa shape index (κ3) is 5.45. The molecule has 8 nitrogen and oxygen atoms in total. The highest BCUT2D eigenvalue weighted by Gasteiger charge is 2.26. The predicted molar refractivity (Wildman–Crippen MR) is 156 cm³/mol. The number of benzene rings is 1. The zero-order valence-corrected chi connectivity index (χ0v) is 24.4. The number of ether oxygens (including phenoxy) is 1. The monoisotopic (exact) mass is 536 g/mol. The number of hydrogen-bond donors (Lipinski definition) is 1. The normalized spacial score (nSPS) is 13.7. The van der Waals surface area contributed by atoms with Gasteiger partial charge in [0, 0.05) is 35.8 Å². The van der Waals surface area contributed by atoms with Crippen molar-refractivity contribution in [1.82, 2.24) is 24.6 Å². The zero-order chi connectivity index (χ0) is 28.3. The third-order valence-electron chi connectivity index (χ3n) is 6.74. The van der Waals surface area contributed by atoms with Gasteiger partial charge >= 0.3 is 0 Å². The van der Waals surface area contributed by atoms with Gasteiger partial charge in [-0.3, -0.25) is 4.79 Å². The number of aryl methyl sites for hydroxylation is 1. The molecule has 3 aromatic rings. The van der Waals surface area contributed by atoms with Crippen molar-refractivity contribution in [2.75, 3.05) is 26.9 Å². The summed E-state index contributed by atoms with van der Waals surface area (Å²) in [5.74, 6) is 0.952. The van der Waals surface area contributed by atoms with Gasteiger partial charge in [0.05, 0.1) is 24.2 Å². The maximum atomic E-state index is 12.9. The molecule has 202 valence electrons. The second-order valence-electron chi connectivity index (χ2n) is 9.53. The minimum atomic E-state index is -0.297. The van der Waals surface area contributed by atoms with E-state index in [-0.39, 0.29) is 11.9 Å². The molecule has 2 N–H and O–H groups in total. The van der Waals surface area contributed by atoms with E-state index in [1.165, 1.54) is 6.33 Å². The molecule has 9 heteroatoms. The molecule has 3 rings (SSSR count). The summed E-state index contributed by atoms with van der Waals surface area (Å²) in [5, 5.41) is 6.05. The van der Waals surface area contributed by atoms with Crippen LogP contribution in [0.15, 0.2) is 41.8 Å². The first-order valence-electron chi connectivity index (χ1n) is 12.6. The minimum absolute atomic E-state index is 0.0875. The first-order chi connectivity index (χ1) is 18.0. The fourth-order valence-corrected chi connectivity index (χ4v) is 4.65. The minimum Gasteiger partial charge on any atom is -0.496 e. The summed E-state index contributed by atoms with van der Waals surface area (Å²) in [6, 6.07) is 1.61. The van der Waals surface area contributed by atoms with Crippen molar-refractivity contribution in [1.29, 1.82) is 0 Å². The van der Waals surface area contributed by atoms with Gasteiger partial charge in [-0.15, -0.1) is 0 Å². The van der Waals surface area contributed by atoms with Gasteiger partial charge in [0.1, 0.15) is 17.9 Å². The second-order valence-corrected chi connectivity index (χ2v) is 9.94. The van der Waals surface area contributed by atoms with Gasteiger partial charge in [-0.1, -0.05) is 36.2 Å². The summed E-state index contributed by atoms with van der Waals surface area (Å²) in [5.41, 5.74) is 12.6. The summed E-state index contributed by atoms with van der Waals surface area (Å²) >= 11 is 6.86. The second kappa shape index (κ2) is 11.8. The number of nitrogens with zero attached hydrogens (tertiary/aromatic N) is 5. The molecule has 0 saturated carbocycles. The van der Waals surface area contributed by atoms with Crippen molar-refractivity contribution < 1.29 is 9.53 Å². The Morgan fingerprint density at radius 2 is 1.95 bits per heavy atom. The van der Waals surface area contributed by atoms with Crippen LogP contribution in [0, 0.1) is 13.8 Å². The molecule has 1 atom stereocenters. The van der Waals surface area contributed by atoms with Gasteiger partial charge in [0.15, 0.2) is 5.65 Å². The lowest BCUT2D eigenvalue weighted by Gasteiger charge is -2.23. The Bertz CT molecular complexity index is 1470. The number of anilines is 1. The lowest BCUT2D eigenvalue weighted by molar-refractivity contribution is -0.124. The first-order valence-corrected chi connectivity index (χ1v) is 12.9. The van der Waals surface area contributed by atoms with Crippen molar-refractivity contribution in [3.63, 3.8) is 0 Å². The van der Waals surface area contributed by atoms with Crippen molar-refractivity contribution in [2.45, 2.75) is 54.0 Å². The molecule has 1 amide bonds. The number of allylic oxidation sites excluding steroid dienone is 4. The van der Waals surface area contributed by atoms with Gasteiger partial charge in [-0.2, -0.15) is 5.10 Å². The van der Waals surface area contributed by atoms with Gasteiger partial charge in [0.2, 0.25) is 0 Å². The van der Waals surface area contributed by atoms with Gasteiger partial charge in [0.25, 0.3) is 5.91 Å². The Kier molecular flexibility index (Phi) is 8.99. The molecule has 2 heterocycles. The first kappa shape index (κ1) is 28.9. The zero-order valence-electron chi connectivity index (χ0n) is 23.7. The molecule has 2 aromatic heterocycles. The lowest BCUT2D eigenvalue weighted by Crippen LogP contribution is -2.22. The van der Waals surface area contributed by atoms with E-state index in [0.29, 0.717) is 27.8 Å². The Labute approximate surface area is 229 Å². The number of halogens is 1. The fourth-order valence-electron chi connectivity index (χ4n) is 4.44. The quantitative estimate of drug-likeness (QED) is 0.277. The summed E-state index contributed by atoms with van der Waals surface area (Å²) in [4.78, 5) is 23.1. The average Bonchev–Trinajstić information content (AvgIpc) is 3.24. The Morgan fingerprint density at radius 1 is 1.26 bits per heavy atom. The summed E-state index contributed by atoms with van der Waals surface area (Å²) < 4.78 is 7.89. The Balaban J connectivity index is 2.35. The maximum Gasteiger partial charge on any atom is 0.253 e. The van der Waals surface area contributed by atoms with E-state index in [1.807, 2.05) is 50.6 Å². The molecule has 0 spiro atoms. The summed E-state index contributed by atoms with van der Waals surface area (Å²) in [6.45, 7) is 11.9. The number of nitrogens with two attached hydrogens (primary N) is 1. The van der Waals surface area contributed by atoms with E-state index in [1.54, 1.807) is 26.1 Å². The van der Waals surface area contributed by atoms with Crippen LogP contribution in [0.25, 0.3) is 16.6 Å². The number of carbonyl (C=O) groups is 1. The number of rotatable bonds is 8. The highest BCUT2D eigenvalue weighted by atomic mass is 35.5. The fraction of sp³-hybridized carbons (Fsp3) is 0.379. The van der Waals surface area contributed by atoms with Gasteiger partial charge in [-0.25, -0.2) is 14.6 Å². The van der Waals surface area contributed by atoms with E-state index in [2.05, 4.69) is 29.9 Å². The number of nitrogen functional groups attached to an aromatic ring is 1. The van der Waals surface area contributed by atoms with Crippen molar-refractivity contribution in [3.05, 3.63) is 69.2 Å². The Morgan fingerprint density at radius 3 is 2.53 bits per heavy atom. The topological polar surface area (TPSA) is 99.2 Å². The van der Waals surface area contributed by atoms with Crippen molar-refractivity contribution in [2.24, 2.45) is 0 Å². The number of fused-ring (bicyclic) bond motifs is 1. The molecule has 0 saturated heterocycles. The summed E-state index contributed by atoms with van der Waals surface area (Å²) in [7, 11) is 5.12. The van der Waals surface area contributed by atoms with Crippen LogP contribution in [-0.4, -0.2) is 51.8 Å². The Hall–Kier alpha value is -3.65. The molecule has 0 aliphatic heterocycles. The van der Waals surface area contributed by atoms with Gasteiger partial charge in [-0.05, 0) is 64.3 Å². The molecule has 0 aliphatic carbocycles. The molecule has 1 unspecified atom stereocenters. The van der Waals surface area contributed by atoms with Crippen LogP contribution in [0.1, 0.15) is 62.5 Å². The van der Waals surface area contributed by atoms with Crippen molar-refractivity contribution >= 4 is 39.9 Å². The van der Waals surface area contributed by atoms with Crippen LogP contribution >= 0.6 is 11.6 Å². The van der Waals surface area contributed by atoms with Crippen LogP contribution < -0.4 is 10.5 Å². The lowest BCUT2D eigenvalue weighted by atomic mass is 9.91. The number of carbonyl (C=O) groups excluding carboxylic acids is 1. The summed E-state index contributed by atoms with van der Waals surface area (Å²) in [6.07, 6.45) is 8.10. The average molecular weight is 537 g/mol. The highest BCUT2D eigenvalue weighted by Crippen LogP contribution is 2.42. The molecule has 0 aliphatic rings. The van der Waals surface area contributed by atoms with Crippen LogP contribution in [-0.2, 0) is 4.79 Å². The SMILES string of the molecule is C\C=C(/C=C(\C=C(/C)CC)c1c(C)c(Cl)cc(C(C)n2nc(C)c3c(N)ncnc32)c1OC)C(=O)N(C)C.